The van der Waals surface area contributed by atoms with Crippen molar-refractivity contribution in [2.45, 2.75) is 39.6 Å². The summed E-state index contributed by atoms with van der Waals surface area (Å²) in [6.45, 7) is 4.66. The number of ether oxygens (including phenoxy) is 1. The van der Waals surface area contributed by atoms with E-state index in [1.165, 1.54) is 29.2 Å². The molecule has 2 amide bonds. The summed E-state index contributed by atoms with van der Waals surface area (Å²) >= 11 is 0. The Labute approximate surface area is 173 Å². The summed E-state index contributed by atoms with van der Waals surface area (Å²) < 4.78 is 45.7. The minimum Gasteiger partial charge on any atom is -0.491 e. The van der Waals surface area contributed by atoms with Crippen LogP contribution >= 0.6 is 0 Å². The van der Waals surface area contributed by atoms with Crippen molar-refractivity contribution < 1.29 is 27.5 Å². The number of carbonyl (C=O) groups is 2. The first-order chi connectivity index (χ1) is 13.9. The first-order valence-corrected chi connectivity index (χ1v) is 9.24. The number of rotatable bonds is 6. The lowest BCUT2D eigenvalue weighted by Crippen LogP contribution is -2.27. The van der Waals surface area contributed by atoms with E-state index in [2.05, 4.69) is 10.3 Å². The molecular weight excluding hydrogens is 399 g/mol. The summed E-state index contributed by atoms with van der Waals surface area (Å²) in [6, 6.07) is 6.48. The van der Waals surface area contributed by atoms with E-state index in [1.807, 2.05) is 0 Å². The number of aromatic nitrogens is 1. The molecule has 0 spiro atoms. The number of hydrogen-bond donors (Lipinski definition) is 1. The number of alkyl halides is 3. The van der Waals surface area contributed by atoms with Gasteiger partial charge in [-0.15, -0.1) is 0 Å². The Morgan fingerprint density at radius 3 is 2.37 bits per heavy atom. The van der Waals surface area contributed by atoms with Gasteiger partial charge in [0, 0.05) is 20.6 Å². The molecule has 1 aromatic heterocycles. The highest BCUT2D eigenvalue weighted by Crippen LogP contribution is 2.34. The number of nitrogens with zero attached hydrogens (tertiary/aromatic N) is 2. The van der Waals surface area contributed by atoms with E-state index in [1.54, 1.807) is 34.9 Å². The molecule has 30 heavy (non-hydrogen) atoms. The quantitative estimate of drug-likeness (QED) is 0.767. The zero-order chi connectivity index (χ0) is 22.6. The molecule has 0 unspecified atom stereocenters. The van der Waals surface area contributed by atoms with Crippen LogP contribution in [0.2, 0.25) is 0 Å². The van der Waals surface area contributed by atoms with Gasteiger partial charge in [0.2, 0.25) is 0 Å². The number of benzene rings is 1. The van der Waals surface area contributed by atoms with Crippen molar-refractivity contribution in [3.05, 3.63) is 58.4 Å². The number of carbonyl (C=O) groups excluding carboxylic acids is 2. The molecule has 0 aliphatic heterocycles. The van der Waals surface area contributed by atoms with E-state index in [0.29, 0.717) is 5.69 Å². The summed E-state index contributed by atoms with van der Waals surface area (Å²) in [5, 5.41) is 2.49. The van der Waals surface area contributed by atoms with Crippen LogP contribution in [0.25, 0.3) is 0 Å². The second-order valence-corrected chi connectivity index (χ2v) is 7.20. The highest BCUT2D eigenvalue weighted by Gasteiger charge is 2.34. The maximum Gasteiger partial charge on any atom is 0.416 e. The zero-order valence-electron chi connectivity index (χ0n) is 17.4. The van der Waals surface area contributed by atoms with E-state index in [0.717, 1.165) is 6.07 Å². The van der Waals surface area contributed by atoms with Crippen molar-refractivity contribution >= 4 is 11.8 Å². The largest absolute Gasteiger partial charge is 0.491 e. The van der Waals surface area contributed by atoms with Gasteiger partial charge in [-0.2, -0.15) is 13.2 Å². The fraction of sp³-hybridized carbons (Fsp3) is 0.381. The van der Waals surface area contributed by atoms with Gasteiger partial charge in [-0.25, -0.2) is 4.98 Å². The summed E-state index contributed by atoms with van der Waals surface area (Å²) in [5.41, 5.74) is -0.301. The van der Waals surface area contributed by atoms with Gasteiger partial charge in [-0.1, -0.05) is 6.07 Å². The summed E-state index contributed by atoms with van der Waals surface area (Å²) in [4.78, 5) is 29.9. The van der Waals surface area contributed by atoms with Gasteiger partial charge in [0.05, 0.1) is 22.9 Å². The third kappa shape index (κ3) is 5.71. The Morgan fingerprint density at radius 2 is 1.83 bits per heavy atom. The number of amides is 2. The van der Waals surface area contributed by atoms with Crippen LogP contribution in [0.4, 0.5) is 13.2 Å². The summed E-state index contributed by atoms with van der Waals surface area (Å²) in [7, 11) is 3.16. The Bertz CT molecular complexity index is 941. The lowest BCUT2D eigenvalue weighted by Gasteiger charge is -2.17. The third-order valence-electron chi connectivity index (χ3n) is 4.15. The molecule has 0 saturated carbocycles. The molecule has 0 aliphatic rings. The van der Waals surface area contributed by atoms with Crippen molar-refractivity contribution in [3.63, 3.8) is 0 Å². The topological polar surface area (TPSA) is 71.5 Å². The van der Waals surface area contributed by atoms with Crippen LogP contribution in [0.1, 0.15) is 51.5 Å². The molecule has 1 heterocycles. The number of pyridine rings is 1. The lowest BCUT2D eigenvalue weighted by molar-refractivity contribution is -0.138. The third-order valence-corrected chi connectivity index (χ3v) is 4.15. The summed E-state index contributed by atoms with van der Waals surface area (Å²) in [6.07, 6.45) is -4.86. The van der Waals surface area contributed by atoms with Crippen molar-refractivity contribution in [1.82, 2.24) is 15.2 Å². The number of aryl methyl sites for hydroxylation is 1. The second kappa shape index (κ2) is 9.15. The monoisotopic (exact) mass is 423 g/mol. The fourth-order valence-corrected chi connectivity index (χ4v) is 2.74. The predicted molar refractivity (Wildman–Crippen MR) is 105 cm³/mol. The van der Waals surface area contributed by atoms with Crippen LogP contribution in [-0.2, 0) is 12.7 Å². The second-order valence-electron chi connectivity index (χ2n) is 7.20. The molecule has 1 N–H and O–H groups in total. The molecule has 0 bridgehead atoms. The molecule has 2 aromatic rings. The molecule has 0 aliphatic carbocycles. The minimum atomic E-state index is -4.60. The van der Waals surface area contributed by atoms with Gasteiger partial charge in [0.15, 0.2) is 0 Å². The molecule has 0 radical (unpaired) electrons. The van der Waals surface area contributed by atoms with Crippen LogP contribution in [-0.4, -0.2) is 41.9 Å². The van der Waals surface area contributed by atoms with E-state index in [9.17, 15) is 22.8 Å². The highest BCUT2D eigenvalue weighted by atomic mass is 19.4. The Balaban J connectivity index is 2.20. The van der Waals surface area contributed by atoms with Crippen LogP contribution in [0.15, 0.2) is 30.3 Å². The van der Waals surface area contributed by atoms with Crippen molar-refractivity contribution in [1.29, 1.82) is 0 Å². The average Bonchev–Trinajstić information content (AvgIpc) is 2.64. The van der Waals surface area contributed by atoms with Crippen molar-refractivity contribution in [2.24, 2.45) is 0 Å². The molecule has 0 fully saturated rings. The van der Waals surface area contributed by atoms with Gasteiger partial charge in [0.25, 0.3) is 11.8 Å². The Morgan fingerprint density at radius 1 is 1.17 bits per heavy atom. The van der Waals surface area contributed by atoms with E-state index >= 15 is 0 Å². The van der Waals surface area contributed by atoms with Gasteiger partial charge in [-0.3, -0.25) is 9.59 Å². The van der Waals surface area contributed by atoms with E-state index in [4.69, 9.17) is 4.74 Å². The standard InChI is InChI=1S/C21H24F3N3O3/c1-12(2)30-15-7-6-14(17(10-15)21(22,23)24)11-25-19(28)16-8-9-18(26-13(16)3)20(29)27(4)5/h6-10,12H,11H2,1-5H3,(H,25,28). The molecule has 0 atom stereocenters. The summed E-state index contributed by atoms with van der Waals surface area (Å²) in [5.74, 6) is -0.795. The normalized spacial score (nSPS) is 11.4. The Kier molecular flexibility index (Phi) is 7.07. The predicted octanol–water partition coefficient (Wildman–Crippen LogP) is 3.83. The maximum absolute atomic E-state index is 13.4. The Hall–Kier alpha value is -3.10. The molecule has 6 nitrogen and oxygen atoms in total. The molecule has 1 aromatic carbocycles. The lowest BCUT2D eigenvalue weighted by atomic mass is 10.1. The van der Waals surface area contributed by atoms with Gasteiger partial charge >= 0.3 is 6.18 Å². The van der Waals surface area contributed by atoms with Crippen LogP contribution in [0, 0.1) is 6.92 Å². The molecule has 9 heteroatoms. The SMILES string of the molecule is Cc1nc(C(=O)N(C)C)ccc1C(=O)NCc1ccc(OC(C)C)cc1C(F)(F)F. The van der Waals surface area contributed by atoms with E-state index < -0.39 is 17.6 Å². The molecule has 0 saturated heterocycles. The first-order valence-electron chi connectivity index (χ1n) is 9.24. The first kappa shape index (κ1) is 23.2. The average molecular weight is 423 g/mol. The van der Waals surface area contributed by atoms with Crippen LogP contribution < -0.4 is 10.1 Å². The number of nitrogens with one attached hydrogen (secondary N) is 1. The smallest absolute Gasteiger partial charge is 0.416 e. The fourth-order valence-electron chi connectivity index (χ4n) is 2.74. The molecule has 2 rings (SSSR count). The maximum atomic E-state index is 13.4. The van der Waals surface area contributed by atoms with Crippen LogP contribution in [0.3, 0.4) is 0 Å². The molecule has 162 valence electrons. The van der Waals surface area contributed by atoms with E-state index in [-0.39, 0.29) is 41.1 Å². The number of halogens is 3. The van der Waals surface area contributed by atoms with Gasteiger partial charge < -0.3 is 15.0 Å². The highest BCUT2D eigenvalue weighted by molar-refractivity contribution is 5.97. The minimum absolute atomic E-state index is 0.0861. The zero-order valence-corrected chi connectivity index (χ0v) is 17.4. The van der Waals surface area contributed by atoms with Crippen LogP contribution in [0.5, 0.6) is 5.75 Å². The van der Waals surface area contributed by atoms with Crippen molar-refractivity contribution in [2.75, 3.05) is 14.1 Å². The molecular formula is C21H24F3N3O3. The van der Waals surface area contributed by atoms with Gasteiger partial charge in [-0.05, 0) is 50.6 Å². The van der Waals surface area contributed by atoms with Gasteiger partial charge in [0.1, 0.15) is 11.4 Å². The number of hydrogen-bond acceptors (Lipinski definition) is 4. The van der Waals surface area contributed by atoms with Crippen molar-refractivity contribution in [3.8, 4) is 5.75 Å².